The number of hydrogen-bond acceptors (Lipinski definition) is 4. The Morgan fingerprint density at radius 3 is 2.58 bits per heavy atom. The molecule has 0 spiro atoms. The van der Waals surface area contributed by atoms with Crippen molar-refractivity contribution in [2.45, 2.75) is 19.9 Å². The zero-order chi connectivity index (χ0) is 13.3. The first-order valence-corrected chi connectivity index (χ1v) is 6.51. The maximum absolute atomic E-state index is 5.45. The van der Waals surface area contributed by atoms with Crippen molar-refractivity contribution < 1.29 is 4.74 Å². The van der Waals surface area contributed by atoms with Gasteiger partial charge in [-0.25, -0.2) is 9.97 Å². The number of rotatable bonds is 7. The van der Waals surface area contributed by atoms with Crippen molar-refractivity contribution in [2.24, 2.45) is 0 Å². The van der Waals surface area contributed by atoms with Crippen molar-refractivity contribution in [3.05, 3.63) is 53.9 Å². The molecule has 1 N–H and O–H groups in total. The number of aryl methyl sites for hydroxylation is 1. The minimum Gasteiger partial charge on any atom is -0.463 e. The van der Waals surface area contributed by atoms with Gasteiger partial charge in [-0.2, -0.15) is 0 Å². The number of aromatic nitrogens is 2. The van der Waals surface area contributed by atoms with E-state index < -0.39 is 0 Å². The number of nitrogens with one attached hydrogen (secondary N) is 1. The van der Waals surface area contributed by atoms with Gasteiger partial charge >= 0.3 is 6.01 Å². The van der Waals surface area contributed by atoms with E-state index in [0.29, 0.717) is 12.6 Å². The molecule has 0 fully saturated rings. The van der Waals surface area contributed by atoms with Crippen molar-refractivity contribution in [3.8, 4) is 6.01 Å². The summed E-state index contributed by atoms with van der Waals surface area (Å²) in [6.45, 7) is 4.39. The second-order valence-corrected chi connectivity index (χ2v) is 4.41. The second-order valence-electron chi connectivity index (χ2n) is 4.41. The molecule has 0 bridgehead atoms. The Morgan fingerprint density at radius 1 is 1.11 bits per heavy atom. The molecular formula is C15H19N3O. The minimum atomic E-state index is 0.452. The molecule has 0 saturated carbocycles. The molecular weight excluding hydrogens is 238 g/mol. The van der Waals surface area contributed by atoms with E-state index in [0.717, 1.165) is 25.1 Å². The van der Waals surface area contributed by atoms with Crippen LogP contribution < -0.4 is 10.1 Å². The van der Waals surface area contributed by atoms with Crippen molar-refractivity contribution in [3.63, 3.8) is 0 Å². The molecule has 0 aliphatic carbocycles. The molecule has 0 radical (unpaired) electrons. The van der Waals surface area contributed by atoms with E-state index in [1.165, 1.54) is 5.56 Å². The van der Waals surface area contributed by atoms with Gasteiger partial charge in [0, 0.05) is 18.9 Å². The Balaban J connectivity index is 1.56. The summed E-state index contributed by atoms with van der Waals surface area (Å²) in [5.74, 6) is 0. The van der Waals surface area contributed by atoms with E-state index in [1.807, 2.05) is 13.0 Å². The fourth-order valence-electron chi connectivity index (χ4n) is 1.64. The van der Waals surface area contributed by atoms with Gasteiger partial charge in [-0.05, 0) is 31.0 Å². The molecule has 1 aromatic carbocycles. The highest BCUT2D eigenvalue weighted by atomic mass is 16.5. The van der Waals surface area contributed by atoms with Crippen LogP contribution in [-0.2, 0) is 6.54 Å². The zero-order valence-corrected chi connectivity index (χ0v) is 11.2. The smallest absolute Gasteiger partial charge is 0.316 e. The fraction of sp³-hybridized carbons (Fsp3) is 0.333. The van der Waals surface area contributed by atoms with Gasteiger partial charge in [0.25, 0.3) is 0 Å². The lowest BCUT2D eigenvalue weighted by atomic mass is 10.2. The molecule has 1 aromatic heterocycles. The molecule has 2 aromatic rings. The third-order valence-electron chi connectivity index (χ3n) is 2.66. The molecule has 0 aliphatic heterocycles. The van der Waals surface area contributed by atoms with Gasteiger partial charge in [0.2, 0.25) is 0 Å². The van der Waals surface area contributed by atoms with E-state index in [9.17, 15) is 0 Å². The lowest BCUT2D eigenvalue weighted by Gasteiger charge is -2.06. The Bertz CT molecular complexity index is 471. The van der Waals surface area contributed by atoms with Gasteiger partial charge in [0.1, 0.15) is 0 Å². The standard InChI is InChI=1S/C15H19N3O/c1-13-10-17-15(18-11-13)19-9-5-8-16-12-14-6-3-2-4-7-14/h2-4,6-7,10-11,16H,5,8-9,12H2,1H3. The number of hydrogen-bond donors (Lipinski definition) is 1. The van der Waals surface area contributed by atoms with Crippen LogP contribution in [0.5, 0.6) is 6.01 Å². The summed E-state index contributed by atoms with van der Waals surface area (Å²) in [4.78, 5) is 8.18. The first-order chi connectivity index (χ1) is 9.34. The van der Waals surface area contributed by atoms with Crippen LogP contribution in [0.2, 0.25) is 0 Å². The predicted octanol–water partition coefficient (Wildman–Crippen LogP) is 2.34. The Kier molecular flexibility index (Phi) is 5.31. The van der Waals surface area contributed by atoms with Gasteiger partial charge in [-0.1, -0.05) is 30.3 Å². The molecule has 100 valence electrons. The van der Waals surface area contributed by atoms with Crippen LogP contribution in [0, 0.1) is 6.92 Å². The molecule has 1 heterocycles. The zero-order valence-electron chi connectivity index (χ0n) is 11.2. The highest BCUT2D eigenvalue weighted by molar-refractivity contribution is 5.14. The SMILES string of the molecule is Cc1cnc(OCCCNCc2ccccc2)nc1. The van der Waals surface area contributed by atoms with E-state index >= 15 is 0 Å². The lowest BCUT2D eigenvalue weighted by molar-refractivity contribution is 0.284. The molecule has 4 heteroatoms. The first kappa shape index (κ1) is 13.5. The van der Waals surface area contributed by atoms with Crippen LogP contribution in [0.25, 0.3) is 0 Å². The third-order valence-corrected chi connectivity index (χ3v) is 2.66. The van der Waals surface area contributed by atoms with Crippen LogP contribution >= 0.6 is 0 Å². The van der Waals surface area contributed by atoms with Gasteiger partial charge < -0.3 is 10.1 Å². The van der Waals surface area contributed by atoms with E-state index in [4.69, 9.17) is 4.74 Å². The normalized spacial score (nSPS) is 10.4. The molecule has 2 rings (SSSR count). The number of nitrogens with zero attached hydrogens (tertiary/aromatic N) is 2. The van der Waals surface area contributed by atoms with Gasteiger partial charge in [0.05, 0.1) is 6.61 Å². The quantitative estimate of drug-likeness (QED) is 0.773. The van der Waals surface area contributed by atoms with Crippen LogP contribution in [0.1, 0.15) is 17.5 Å². The van der Waals surface area contributed by atoms with Crippen molar-refractivity contribution in [1.82, 2.24) is 15.3 Å². The highest BCUT2D eigenvalue weighted by Crippen LogP contribution is 2.01. The monoisotopic (exact) mass is 257 g/mol. The highest BCUT2D eigenvalue weighted by Gasteiger charge is 1.96. The van der Waals surface area contributed by atoms with Gasteiger partial charge in [-0.3, -0.25) is 0 Å². The van der Waals surface area contributed by atoms with Crippen molar-refractivity contribution >= 4 is 0 Å². The minimum absolute atomic E-state index is 0.452. The fourth-order valence-corrected chi connectivity index (χ4v) is 1.64. The average molecular weight is 257 g/mol. The number of ether oxygens (including phenoxy) is 1. The van der Waals surface area contributed by atoms with Crippen molar-refractivity contribution in [1.29, 1.82) is 0 Å². The van der Waals surface area contributed by atoms with Crippen molar-refractivity contribution in [2.75, 3.05) is 13.2 Å². The van der Waals surface area contributed by atoms with Crippen LogP contribution in [0.15, 0.2) is 42.7 Å². The van der Waals surface area contributed by atoms with Crippen LogP contribution in [0.4, 0.5) is 0 Å². The van der Waals surface area contributed by atoms with Gasteiger partial charge in [0.15, 0.2) is 0 Å². The first-order valence-electron chi connectivity index (χ1n) is 6.51. The predicted molar refractivity (Wildman–Crippen MR) is 75.0 cm³/mol. The summed E-state index contributed by atoms with van der Waals surface area (Å²) in [5.41, 5.74) is 2.34. The van der Waals surface area contributed by atoms with E-state index in [2.05, 4.69) is 39.6 Å². The molecule has 0 saturated heterocycles. The average Bonchev–Trinajstić information content (AvgIpc) is 2.46. The summed E-state index contributed by atoms with van der Waals surface area (Å²) in [6, 6.07) is 10.8. The maximum atomic E-state index is 5.45. The Hall–Kier alpha value is -1.94. The molecule has 0 aliphatic rings. The summed E-state index contributed by atoms with van der Waals surface area (Å²) < 4.78 is 5.45. The third kappa shape index (κ3) is 5.06. The molecule has 4 nitrogen and oxygen atoms in total. The topological polar surface area (TPSA) is 47.0 Å². The van der Waals surface area contributed by atoms with Crippen LogP contribution in [0.3, 0.4) is 0 Å². The summed E-state index contributed by atoms with van der Waals surface area (Å²) >= 11 is 0. The van der Waals surface area contributed by atoms with E-state index in [-0.39, 0.29) is 0 Å². The van der Waals surface area contributed by atoms with E-state index in [1.54, 1.807) is 12.4 Å². The Labute approximate surface area is 113 Å². The molecule has 19 heavy (non-hydrogen) atoms. The molecule has 0 amide bonds. The lowest BCUT2D eigenvalue weighted by Crippen LogP contribution is -2.17. The largest absolute Gasteiger partial charge is 0.463 e. The summed E-state index contributed by atoms with van der Waals surface area (Å²) in [6.07, 6.45) is 4.45. The maximum Gasteiger partial charge on any atom is 0.316 e. The Morgan fingerprint density at radius 2 is 1.84 bits per heavy atom. The molecule has 0 unspecified atom stereocenters. The second kappa shape index (κ2) is 7.48. The van der Waals surface area contributed by atoms with Crippen LogP contribution in [-0.4, -0.2) is 23.1 Å². The summed E-state index contributed by atoms with van der Waals surface area (Å²) in [7, 11) is 0. The van der Waals surface area contributed by atoms with Gasteiger partial charge in [-0.15, -0.1) is 0 Å². The molecule has 0 atom stereocenters. The number of benzene rings is 1. The summed E-state index contributed by atoms with van der Waals surface area (Å²) in [5, 5.41) is 3.38.